The van der Waals surface area contributed by atoms with Crippen molar-refractivity contribution >= 4 is 10.0 Å². The van der Waals surface area contributed by atoms with E-state index >= 15 is 0 Å². The maximum atomic E-state index is 12.4. The number of nitrogens with zero attached hydrogens (tertiary/aromatic N) is 2. The molecule has 0 fully saturated rings. The summed E-state index contributed by atoms with van der Waals surface area (Å²) in [4.78, 5) is 0.376. The minimum absolute atomic E-state index is 0.376. The molecule has 1 heterocycles. The first-order chi connectivity index (χ1) is 8.93. The van der Waals surface area contributed by atoms with Crippen LogP contribution in [0.25, 0.3) is 0 Å². The molecule has 0 aliphatic rings. The van der Waals surface area contributed by atoms with Gasteiger partial charge in [-0.05, 0) is 19.0 Å². The second kappa shape index (κ2) is 7.07. The van der Waals surface area contributed by atoms with Crippen LogP contribution in [0.5, 0.6) is 0 Å². The molecule has 0 saturated carbocycles. The second-order valence-electron chi connectivity index (χ2n) is 4.74. The highest BCUT2D eigenvalue weighted by atomic mass is 32.2. The van der Waals surface area contributed by atoms with E-state index in [9.17, 15) is 8.42 Å². The minimum atomic E-state index is -3.35. The van der Waals surface area contributed by atoms with Gasteiger partial charge in [-0.3, -0.25) is 0 Å². The number of sulfonamides is 1. The third-order valence-corrected chi connectivity index (χ3v) is 5.00. The van der Waals surface area contributed by atoms with E-state index in [1.165, 1.54) is 4.31 Å². The standard InChI is InChI=1S/C13H25N3O2S/c1-5-7-8-16(4)19(17,18)13-9-12(10-14-6-2)15(3)11-13/h9,11,14H,5-8,10H2,1-4H3. The fourth-order valence-corrected chi connectivity index (χ4v) is 3.13. The molecule has 0 aromatic carbocycles. The Kier molecular flexibility index (Phi) is 6.03. The third-order valence-electron chi connectivity index (χ3n) is 3.17. The molecular formula is C13H25N3O2S. The molecule has 0 amide bonds. The van der Waals surface area contributed by atoms with Gasteiger partial charge < -0.3 is 9.88 Å². The normalized spacial score (nSPS) is 12.3. The zero-order valence-electron chi connectivity index (χ0n) is 12.3. The molecule has 19 heavy (non-hydrogen) atoms. The molecule has 1 rings (SSSR count). The summed E-state index contributed by atoms with van der Waals surface area (Å²) in [7, 11) is 0.160. The van der Waals surface area contributed by atoms with Crippen molar-refractivity contribution < 1.29 is 8.42 Å². The van der Waals surface area contributed by atoms with Crippen LogP contribution in [0.2, 0.25) is 0 Å². The maximum absolute atomic E-state index is 12.4. The number of unbranched alkanes of at least 4 members (excludes halogenated alkanes) is 1. The van der Waals surface area contributed by atoms with Crippen LogP contribution in [0.1, 0.15) is 32.4 Å². The Morgan fingerprint density at radius 3 is 2.63 bits per heavy atom. The Morgan fingerprint density at radius 2 is 2.05 bits per heavy atom. The average Bonchev–Trinajstić information content (AvgIpc) is 2.75. The Balaban J connectivity index is 2.89. The quantitative estimate of drug-likeness (QED) is 0.789. The largest absolute Gasteiger partial charge is 0.352 e. The zero-order valence-corrected chi connectivity index (χ0v) is 13.1. The summed E-state index contributed by atoms with van der Waals surface area (Å²) in [5.41, 5.74) is 0.976. The molecule has 0 atom stereocenters. The first kappa shape index (κ1) is 16.2. The molecule has 1 aromatic rings. The number of hydrogen-bond acceptors (Lipinski definition) is 3. The maximum Gasteiger partial charge on any atom is 0.244 e. The molecule has 1 aromatic heterocycles. The summed E-state index contributed by atoms with van der Waals surface area (Å²) >= 11 is 0. The van der Waals surface area contributed by atoms with E-state index in [1.54, 1.807) is 19.3 Å². The molecule has 0 spiro atoms. The van der Waals surface area contributed by atoms with Crippen molar-refractivity contribution in [1.82, 2.24) is 14.2 Å². The first-order valence-electron chi connectivity index (χ1n) is 6.75. The lowest BCUT2D eigenvalue weighted by atomic mass is 10.3. The van der Waals surface area contributed by atoms with Gasteiger partial charge in [-0.1, -0.05) is 20.3 Å². The van der Waals surface area contributed by atoms with Crippen LogP contribution < -0.4 is 5.32 Å². The number of hydrogen-bond donors (Lipinski definition) is 1. The minimum Gasteiger partial charge on any atom is -0.352 e. The highest BCUT2D eigenvalue weighted by Gasteiger charge is 2.22. The van der Waals surface area contributed by atoms with Crippen LogP contribution in [0.4, 0.5) is 0 Å². The predicted molar refractivity (Wildman–Crippen MR) is 77.5 cm³/mol. The summed E-state index contributed by atoms with van der Waals surface area (Å²) in [6.45, 7) is 6.19. The highest BCUT2D eigenvalue weighted by Crippen LogP contribution is 2.17. The van der Waals surface area contributed by atoms with Gasteiger partial charge in [0.25, 0.3) is 0 Å². The van der Waals surface area contributed by atoms with E-state index in [1.807, 2.05) is 18.5 Å². The molecule has 0 radical (unpaired) electrons. The predicted octanol–water partition coefficient (Wildman–Crippen LogP) is 1.56. The van der Waals surface area contributed by atoms with Gasteiger partial charge in [0, 0.05) is 39.1 Å². The number of aryl methyl sites for hydroxylation is 1. The van der Waals surface area contributed by atoms with Crippen LogP contribution in [0, 0.1) is 0 Å². The third kappa shape index (κ3) is 4.06. The van der Waals surface area contributed by atoms with Crippen LogP contribution >= 0.6 is 0 Å². The highest BCUT2D eigenvalue weighted by molar-refractivity contribution is 7.89. The van der Waals surface area contributed by atoms with Gasteiger partial charge in [-0.15, -0.1) is 0 Å². The Morgan fingerprint density at radius 1 is 1.37 bits per heavy atom. The lowest BCUT2D eigenvalue weighted by Gasteiger charge is -2.15. The van der Waals surface area contributed by atoms with Crippen molar-refractivity contribution in [2.75, 3.05) is 20.1 Å². The fourth-order valence-electron chi connectivity index (χ4n) is 1.83. The van der Waals surface area contributed by atoms with Crippen molar-refractivity contribution in [1.29, 1.82) is 0 Å². The van der Waals surface area contributed by atoms with E-state index in [0.717, 1.165) is 25.1 Å². The molecule has 0 bridgehead atoms. The SMILES string of the molecule is CCCCN(C)S(=O)(=O)c1cc(CNCC)n(C)c1. The van der Waals surface area contributed by atoms with Crippen molar-refractivity contribution in [3.05, 3.63) is 18.0 Å². The van der Waals surface area contributed by atoms with E-state index in [4.69, 9.17) is 0 Å². The zero-order chi connectivity index (χ0) is 14.5. The summed E-state index contributed by atoms with van der Waals surface area (Å²) in [5.74, 6) is 0. The Hall–Kier alpha value is -0.850. The van der Waals surface area contributed by atoms with E-state index in [-0.39, 0.29) is 0 Å². The lowest BCUT2D eigenvalue weighted by Crippen LogP contribution is -2.27. The number of nitrogens with one attached hydrogen (secondary N) is 1. The van der Waals surface area contributed by atoms with Gasteiger partial charge in [0.15, 0.2) is 0 Å². The molecule has 110 valence electrons. The van der Waals surface area contributed by atoms with Gasteiger partial charge in [-0.2, -0.15) is 0 Å². The Bertz CT molecular complexity index is 494. The van der Waals surface area contributed by atoms with Crippen molar-refractivity contribution in [3.63, 3.8) is 0 Å². The first-order valence-corrected chi connectivity index (χ1v) is 8.19. The summed E-state index contributed by atoms with van der Waals surface area (Å²) in [5, 5.41) is 3.20. The molecule has 6 heteroatoms. The van der Waals surface area contributed by atoms with Gasteiger partial charge in [0.1, 0.15) is 4.90 Å². The van der Waals surface area contributed by atoms with E-state index in [0.29, 0.717) is 18.0 Å². The molecule has 0 unspecified atom stereocenters. The summed E-state index contributed by atoms with van der Waals surface area (Å²) in [6, 6.07) is 1.75. The van der Waals surface area contributed by atoms with Crippen LogP contribution in [-0.2, 0) is 23.6 Å². The lowest BCUT2D eigenvalue weighted by molar-refractivity contribution is 0.459. The van der Waals surface area contributed by atoms with Crippen molar-refractivity contribution in [3.8, 4) is 0 Å². The molecular weight excluding hydrogens is 262 g/mol. The fraction of sp³-hybridized carbons (Fsp3) is 0.692. The van der Waals surface area contributed by atoms with Crippen molar-refractivity contribution in [2.45, 2.75) is 38.1 Å². The van der Waals surface area contributed by atoms with Crippen molar-refractivity contribution in [2.24, 2.45) is 7.05 Å². The molecule has 0 aliphatic heterocycles. The molecule has 0 aliphatic carbocycles. The number of aromatic nitrogens is 1. The molecule has 5 nitrogen and oxygen atoms in total. The van der Waals surface area contributed by atoms with Gasteiger partial charge >= 0.3 is 0 Å². The number of rotatable bonds is 8. The average molecular weight is 287 g/mol. The monoisotopic (exact) mass is 287 g/mol. The van der Waals surface area contributed by atoms with E-state index in [2.05, 4.69) is 12.2 Å². The van der Waals surface area contributed by atoms with E-state index < -0.39 is 10.0 Å². The summed E-state index contributed by atoms with van der Waals surface area (Å²) < 4.78 is 28.0. The van der Waals surface area contributed by atoms with Crippen LogP contribution in [-0.4, -0.2) is 37.4 Å². The molecule has 0 saturated heterocycles. The molecule has 1 N–H and O–H groups in total. The second-order valence-corrected chi connectivity index (χ2v) is 6.78. The van der Waals surface area contributed by atoms with Crippen LogP contribution in [0.15, 0.2) is 17.2 Å². The van der Waals surface area contributed by atoms with Gasteiger partial charge in [-0.25, -0.2) is 12.7 Å². The van der Waals surface area contributed by atoms with Gasteiger partial charge in [0.05, 0.1) is 0 Å². The van der Waals surface area contributed by atoms with Crippen LogP contribution in [0.3, 0.4) is 0 Å². The summed E-state index contributed by atoms with van der Waals surface area (Å²) in [6.07, 6.45) is 3.55. The topological polar surface area (TPSA) is 54.3 Å². The Labute approximate surface area is 116 Å². The smallest absolute Gasteiger partial charge is 0.244 e. The van der Waals surface area contributed by atoms with Gasteiger partial charge in [0.2, 0.25) is 10.0 Å².